The third-order valence-electron chi connectivity index (χ3n) is 7.69. The molecule has 6 nitrogen and oxygen atoms in total. The summed E-state index contributed by atoms with van der Waals surface area (Å²) in [7, 11) is -4.48. The first-order valence-electron chi connectivity index (χ1n) is 14.1. The highest BCUT2D eigenvalue weighted by Crippen LogP contribution is 2.37. The molecule has 5 rings (SSSR count). The van der Waals surface area contributed by atoms with Gasteiger partial charge in [0.05, 0.1) is 29.3 Å². The van der Waals surface area contributed by atoms with Crippen molar-refractivity contribution in [2.45, 2.75) is 49.6 Å². The molecule has 0 spiro atoms. The van der Waals surface area contributed by atoms with Gasteiger partial charge in [-0.25, -0.2) is 26.4 Å². The van der Waals surface area contributed by atoms with Crippen molar-refractivity contribution in [2.24, 2.45) is 0 Å². The molecule has 1 amide bonds. The van der Waals surface area contributed by atoms with Gasteiger partial charge >= 0.3 is 6.09 Å². The van der Waals surface area contributed by atoms with Crippen molar-refractivity contribution in [1.82, 2.24) is 5.32 Å². The first kappa shape index (κ1) is 31.4. The number of fused-ring (bicyclic) bond motifs is 1. The molecule has 0 fully saturated rings. The normalized spacial score (nSPS) is 15.2. The van der Waals surface area contributed by atoms with Gasteiger partial charge in [-0.15, -0.1) is 0 Å². The van der Waals surface area contributed by atoms with E-state index in [9.17, 15) is 22.0 Å². The Morgan fingerprint density at radius 2 is 1.70 bits per heavy atom. The van der Waals surface area contributed by atoms with E-state index >= 15 is 4.39 Å². The molecular formula is C33H30ClF3N2O4S. The predicted octanol–water partition coefficient (Wildman–Crippen LogP) is 8.06. The fourth-order valence-corrected chi connectivity index (χ4v) is 7.35. The summed E-state index contributed by atoms with van der Waals surface area (Å²) in [4.78, 5) is 12.5. The number of nitrogens with one attached hydrogen (secondary N) is 1. The van der Waals surface area contributed by atoms with Gasteiger partial charge in [0, 0.05) is 17.5 Å². The van der Waals surface area contributed by atoms with Crippen LogP contribution in [0.15, 0.2) is 89.8 Å². The van der Waals surface area contributed by atoms with Crippen molar-refractivity contribution >= 4 is 33.4 Å². The standard InChI is InChI=1S/C33H30ClF3N2O4S/c1-21(39(32-20-26(36)12-16-30(32)37)44(41,42)27-13-9-24(34)10-14-27)28-15-11-25(35)19-23(28)17-18-43-33(40)38-31-8-4-6-22-5-2-3-7-29(22)31/h2-3,5,7,9-16,19-21,31H,4,6,8,17-18H2,1H3,(H,38,40)/t21-,31?/m1/s1. The predicted molar refractivity (Wildman–Crippen MR) is 163 cm³/mol. The second-order valence-corrected chi connectivity index (χ2v) is 12.8. The molecule has 11 heteroatoms. The van der Waals surface area contributed by atoms with Crippen molar-refractivity contribution in [1.29, 1.82) is 0 Å². The number of hydrogen-bond acceptors (Lipinski definition) is 4. The summed E-state index contributed by atoms with van der Waals surface area (Å²) in [5.41, 5.74) is 2.35. The number of nitrogens with zero attached hydrogens (tertiary/aromatic N) is 1. The number of anilines is 1. The highest BCUT2D eigenvalue weighted by molar-refractivity contribution is 7.92. The number of carbonyl (C=O) groups is 1. The number of aryl methyl sites for hydroxylation is 1. The molecule has 1 N–H and O–H groups in total. The van der Waals surface area contributed by atoms with Crippen LogP contribution in [-0.2, 0) is 27.6 Å². The van der Waals surface area contributed by atoms with Crippen LogP contribution in [0.3, 0.4) is 0 Å². The molecule has 0 aromatic heterocycles. The molecule has 1 aliphatic carbocycles. The van der Waals surface area contributed by atoms with Crippen LogP contribution in [0.25, 0.3) is 0 Å². The number of carbonyl (C=O) groups excluding carboxylic acids is 1. The van der Waals surface area contributed by atoms with E-state index in [1.165, 1.54) is 48.9 Å². The Morgan fingerprint density at radius 3 is 2.48 bits per heavy atom. The highest BCUT2D eigenvalue weighted by atomic mass is 35.5. The van der Waals surface area contributed by atoms with E-state index in [4.69, 9.17) is 16.3 Å². The number of rotatable bonds is 9. The number of halogens is 4. The molecule has 230 valence electrons. The summed E-state index contributed by atoms with van der Waals surface area (Å²) in [6.07, 6.45) is 2.03. The Hall–Kier alpha value is -4.02. The average molecular weight is 643 g/mol. The van der Waals surface area contributed by atoms with Gasteiger partial charge in [0.1, 0.15) is 17.5 Å². The van der Waals surface area contributed by atoms with Crippen LogP contribution in [0.4, 0.5) is 23.7 Å². The number of ether oxygens (including phenoxy) is 1. The summed E-state index contributed by atoms with van der Waals surface area (Å²) in [5.74, 6) is -2.41. The Morgan fingerprint density at radius 1 is 1.00 bits per heavy atom. The number of amides is 1. The molecule has 4 aromatic rings. The van der Waals surface area contributed by atoms with E-state index in [1.54, 1.807) is 0 Å². The topological polar surface area (TPSA) is 75.7 Å². The average Bonchev–Trinajstić information content (AvgIpc) is 2.99. The van der Waals surface area contributed by atoms with Crippen molar-refractivity contribution in [3.63, 3.8) is 0 Å². The summed E-state index contributed by atoms with van der Waals surface area (Å²) < 4.78 is 78.0. The number of alkyl carbamates (subject to hydrolysis) is 1. The molecular weight excluding hydrogens is 613 g/mol. The fourth-order valence-electron chi connectivity index (χ4n) is 5.59. The molecule has 0 saturated heterocycles. The van der Waals surface area contributed by atoms with E-state index in [-0.39, 0.29) is 29.0 Å². The van der Waals surface area contributed by atoms with Crippen molar-refractivity contribution < 1.29 is 31.1 Å². The van der Waals surface area contributed by atoms with Gasteiger partial charge in [0.2, 0.25) is 0 Å². The van der Waals surface area contributed by atoms with E-state index in [2.05, 4.69) is 5.32 Å². The number of benzene rings is 4. The van der Waals surface area contributed by atoms with E-state index in [0.29, 0.717) is 11.1 Å². The molecule has 0 aliphatic heterocycles. The summed E-state index contributed by atoms with van der Waals surface area (Å²) >= 11 is 5.95. The van der Waals surface area contributed by atoms with Crippen LogP contribution >= 0.6 is 11.6 Å². The van der Waals surface area contributed by atoms with Crippen LogP contribution in [0.1, 0.15) is 54.1 Å². The molecule has 2 atom stereocenters. The zero-order chi connectivity index (χ0) is 31.4. The maximum Gasteiger partial charge on any atom is 0.407 e. The lowest BCUT2D eigenvalue weighted by Crippen LogP contribution is -2.35. The second kappa shape index (κ2) is 13.3. The van der Waals surface area contributed by atoms with Gasteiger partial charge < -0.3 is 10.1 Å². The molecule has 0 saturated carbocycles. The third kappa shape index (κ3) is 6.87. The monoisotopic (exact) mass is 642 g/mol. The highest BCUT2D eigenvalue weighted by Gasteiger charge is 2.34. The van der Waals surface area contributed by atoms with Crippen LogP contribution in [0.5, 0.6) is 0 Å². The van der Waals surface area contributed by atoms with Gasteiger partial charge in [-0.2, -0.15) is 0 Å². The lowest BCUT2D eigenvalue weighted by molar-refractivity contribution is 0.142. The number of hydrogen-bond donors (Lipinski definition) is 1. The minimum atomic E-state index is -4.48. The first-order chi connectivity index (χ1) is 21.0. The maximum atomic E-state index is 15.1. The van der Waals surface area contributed by atoms with Gasteiger partial charge in [-0.1, -0.05) is 41.9 Å². The summed E-state index contributed by atoms with van der Waals surface area (Å²) in [6, 6.07) is 18.1. The van der Waals surface area contributed by atoms with Crippen molar-refractivity contribution in [3.8, 4) is 0 Å². The molecule has 4 aromatic carbocycles. The molecule has 0 heterocycles. The lowest BCUT2D eigenvalue weighted by atomic mass is 9.88. The smallest absolute Gasteiger partial charge is 0.407 e. The minimum Gasteiger partial charge on any atom is -0.449 e. The fraction of sp³-hybridized carbons (Fsp3) is 0.242. The summed E-state index contributed by atoms with van der Waals surface area (Å²) in [6.45, 7) is 1.35. The van der Waals surface area contributed by atoms with Crippen LogP contribution in [-0.4, -0.2) is 21.1 Å². The number of sulfonamides is 1. The van der Waals surface area contributed by atoms with E-state index < -0.39 is 45.3 Å². The molecule has 1 unspecified atom stereocenters. The van der Waals surface area contributed by atoms with Crippen molar-refractivity contribution in [3.05, 3.63) is 130 Å². The largest absolute Gasteiger partial charge is 0.449 e. The zero-order valence-corrected chi connectivity index (χ0v) is 25.3. The van der Waals surface area contributed by atoms with Crippen LogP contribution < -0.4 is 9.62 Å². The van der Waals surface area contributed by atoms with Gasteiger partial charge in [-0.3, -0.25) is 4.31 Å². The minimum absolute atomic E-state index is 0.0343. The maximum absolute atomic E-state index is 15.1. The van der Waals surface area contributed by atoms with E-state index in [1.807, 2.05) is 24.3 Å². The Balaban J connectivity index is 1.40. The van der Waals surface area contributed by atoms with Crippen molar-refractivity contribution in [2.75, 3.05) is 10.9 Å². The Bertz CT molecular complexity index is 1770. The summed E-state index contributed by atoms with van der Waals surface area (Å²) in [5, 5.41) is 3.18. The van der Waals surface area contributed by atoms with Gasteiger partial charge in [0.15, 0.2) is 0 Å². The molecule has 1 aliphatic rings. The zero-order valence-electron chi connectivity index (χ0n) is 23.8. The Kier molecular flexibility index (Phi) is 9.51. The van der Waals surface area contributed by atoms with E-state index in [0.717, 1.165) is 53.4 Å². The molecule has 0 radical (unpaired) electrons. The third-order valence-corrected chi connectivity index (χ3v) is 9.84. The van der Waals surface area contributed by atoms with Crippen LogP contribution in [0, 0.1) is 17.5 Å². The second-order valence-electron chi connectivity index (χ2n) is 10.5. The van der Waals surface area contributed by atoms with Crippen LogP contribution in [0.2, 0.25) is 5.02 Å². The van der Waals surface area contributed by atoms with Gasteiger partial charge in [-0.05, 0) is 97.0 Å². The SMILES string of the molecule is C[C@H](c1ccc(F)cc1CCOC(=O)NC1CCCc2ccccc21)N(c1cc(F)ccc1F)S(=O)(=O)c1ccc(Cl)cc1. The first-order valence-corrected chi connectivity index (χ1v) is 15.9. The lowest BCUT2D eigenvalue weighted by Gasteiger charge is -2.32. The quantitative estimate of drug-likeness (QED) is 0.200. The molecule has 0 bridgehead atoms. The molecule has 44 heavy (non-hydrogen) atoms. The Labute approximate surface area is 259 Å². The van der Waals surface area contributed by atoms with Gasteiger partial charge in [0.25, 0.3) is 10.0 Å².